The Hall–Kier alpha value is -2.21. The van der Waals surface area contributed by atoms with E-state index in [-0.39, 0.29) is 5.70 Å². The largest absolute Gasteiger partial charge is 0.490 e. The van der Waals surface area contributed by atoms with Gasteiger partial charge in [-0.2, -0.15) is 0 Å². The van der Waals surface area contributed by atoms with Crippen molar-refractivity contribution in [3.05, 3.63) is 28.4 Å². The van der Waals surface area contributed by atoms with Crippen LogP contribution >= 0.6 is 11.6 Å². The molecule has 1 aromatic rings. The number of ether oxygens (including phenoxy) is 2. The van der Waals surface area contributed by atoms with Crippen LogP contribution in [0, 0.1) is 0 Å². The number of rotatable bonds is 5. The van der Waals surface area contributed by atoms with Crippen LogP contribution in [-0.4, -0.2) is 25.2 Å². The third kappa shape index (κ3) is 3.46. The van der Waals surface area contributed by atoms with E-state index < -0.39 is 11.9 Å². The predicted octanol–water partition coefficient (Wildman–Crippen LogP) is 2.32. The average Bonchev–Trinajstić information content (AvgIpc) is 2.73. The lowest BCUT2D eigenvalue weighted by molar-refractivity contribution is -0.115. The minimum atomic E-state index is -0.557. The van der Waals surface area contributed by atoms with Crippen LogP contribution in [0.3, 0.4) is 0 Å². The molecule has 0 spiro atoms. The van der Waals surface area contributed by atoms with Crippen molar-refractivity contribution in [2.24, 2.45) is 0 Å². The molecule has 1 saturated heterocycles. The second-order valence-corrected chi connectivity index (χ2v) is 4.56. The van der Waals surface area contributed by atoms with Gasteiger partial charge in [0.05, 0.1) is 18.2 Å². The van der Waals surface area contributed by atoms with E-state index in [1.165, 1.54) is 6.08 Å². The Morgan fingerprint density at radius 1 is 1.10 bits per heavy atom. The molecule has 112 valence electrons. The second kappa shape index (κ2) is 6.49. The number of halogens is 1. The molecule has 6 nitrogen and oxygen atoms in total. The minimum absolute atomic E-state index is 0.133. The maximum Gasteiger partial charge on any atom is 0.326 e. The van der Waals surface area contributed by atoms with Crippen molar-refractivity contribution in [1.82, 2.24) is 10.6 Å². The number of carbonyl (C=O) groups excluding carboxylic acids is 2. The summed E-state index contributed by atoms with van der Waals surface area (Å²) in [5.41, 5.74) is 0.685. The standard InChI is InChI=1S/C14H15ClN2O4/c1-3-20-11-6-8(9(15)7-12(11)21-4-2)5-10-13(18)17-14(19)16-10/h5-7H,3-4H2,1-2H3,(H2,16,17,18,19)/b10-5+. The Morgan fingerprint density at radius 3 is 2.24 bits per heavy atom. The fraction of sp³-hybridized carbons (Fsp3) is 0.286. The van der Waals surface area contributed by atoms with Gasteiger partial charge in [0.2, 0.25) is 0 Å². The molecule has 2 rings (SSSR count). The van der Waals surface area contributed by atoms with E-state index in [0.29, 0.717) is 35.3 Å². The number of hydrogen-bond acceptors (Lipinski definition) is 4. The number of benzene rings is 1. The average molecular weight is 311 g/mol. The van der Waals surface area contributed by atoms with Crippen molar-refractivity contribution in [1.29, 1.82) is 0 Å². The Bertz CT molecular complexity index is 613. The van der Waals surface area contributed by atoms with Gasteiger partial charge in [0.25, 0.3) is 5.91 Å². The maximum absolute atomic E-state index is 11.5. The van der Waals surface area contributed by atoms with Crippen LogP contribution in [-0.2, 0) is 4.79 Å². The van der Waals surface area contributed by atoms with E-state index in [2.05, 4.69) is 10.6 Å². The van der Waals surface area contributed by atoms with E-state index in [1.807, 2.05) is 13.8 Å². The molecule has 0 radical (unpaired) electrons. The van der Waals surface area contributed by atoms with Gasteiger partial charge < -0.3 is 14.8 Å². The lowest BCUT2D eigenvalue weighted by atomic mass is 10.1. The summed E-state index contributed by atoms with van der Waals surface area (Å²) in [6.07, 6.45) is 1.49. The maximum atomic E-state index is 11.5. The van der Waals surface area contributed by atoms with Gasteiger partial charge in [0.1, 0.15) is 5.70 Å². The molecule has 0 unspecified atom stereocenters. The van der Waals surface area contributed by atoms with Crippen LogP contribution in [0.4, 0.5) is 4.79 Å². The zero-order valence-electron chi connectivity index (χ0n) is 11.7. The van der Waals surface area contributed by atoms with Gasteiger partial charge in [-0.1, -0.05) is 11.6 Å². The summed E-state index contributed by atoms with van der Waals surface area (Å²) in [5.74, 6) is 0.564. The van der Waals surface area contributed by atoms with E-state index >= 15 is 0 Å². The molecule has 0 aromatic heterocycles. The van der Waals surface area contributed by atoms with Crippen molar-refractivity contribution in [3.8, 4) is 11.5 Å². The molecule has 1 heterocycles. The first-order chi connectivity index (χ1) is 10.0. The monoisotopic (exact) mass is 310 g/mol. The third-order valence-electron chi connectivity index (χ3n) is 2.68. The molecular formula is C14H15ClN2O4. The highest BCUT2D eigenvalue weighted by Gasteiger charge is 2.23. The van der Waals surface area contributed by atoms with Gasteiger partial charge in [-0.25, -0.2) is 4.79 Å². The van der Waals surface area contributed by atoms with E-state index in [0.717, 1.165) is 0 Å². The number of urea groups is 1. The molecule has 0 aliphatic carbocycles. The van der Waals surface area contributed by atoms with Gasteiger partial charge in [-0.05, 0) is 31.6 Å². The van der Waals surface area contributed by atoms with Gasteiger partial charge in [-0.15, -0.1) is 0 Å². The minimum Gasteiger partial charge on any atom is -0.490 e. The van der Waals surface area contributed by atoms with Crippen LogP contribution in [0.2, 0.25) is 5.02 Å². The van der Waals surface area contributed by atoms with Crippen LogP contribution in [0.15, 0.2) is 17.8 Å². The van der Waals surface area contributed by atoms with Crippen molar-refractivity contribution < 1.29 is 19.1 Å². The van der Waals surface area contributed by atoms with E-state index in [4.69, 9.17) is 21.1 Å². The van der Waals surface area contributed by atoms with Crippen LogP contribution in [0.25, 0.3) is 6.08 Å². The fourth-order valence-electron chi connectivity index (χ4n) is 1.84. The zero-order valence-corrected chi connectivity index (χ0v) is 12.4. The summed E-state index contributed by atoms with van der Waals surface area (Å²) >= 11 is 6.18. The predicted molar refractivity (Wildman–Crippen MR) is 78.4 cm³/mol. The Balaban J connectivity index is 2.40. The Labute approximate surface area is 127 Å². The number of nitrogens with one attached hydrogen (secondary N) is 2. The van der Waals surface area contributed by atoms with Crippen molar-refractivity contribution >= 4 is 29.6 Å². The molecule has 1 aromatic carbocycles. The topological polar surface area (TPSA) is 76.7 Å². The molecule has 1 aliphatic rings. The summed E-state index contributed by atoms with van der Waals surface area (Å²) in [6, 6.07) is 2.73. The number of imide groups is 1. The SMILES string of the molecule is CCOc1cc(Cl)c(/C=C2/NC(=O)NC2=O)cc1OCC. The molecule has 7 heteroatoms. The molecule has 2 N–H and O–H groups in total. The highest BCUT2D eigenvalue weighted by molar-refractivity contribution is 6.32. The summed E-state index contributed by atoms with van der Waals surface area (Å²) in [6.45, 7) is 4.66. The van der Waals surface area contributed by atoms with E-state index in [1.54, 1.807) is 12.1 Å². The third-order valence-corrected chi connectivity index (χ3v) is 3.01. The van der Waals surface area contributed by atoms with Crippen LogP contribution in [0.1, 0.15) is 19.4 Å². The van der Waals surface area contributed by atoms with E-state index in [9.17, 15) is 9.59 Å². The highest BCUT2D eigenvalue weighted by Crippen LogP contribution is 2.34. The van der Waals surface area contributed by atoms with Gasteiger partial charge in [-0.3, -0.25) is 10.1 Å². The number of carbonyl (C=O) groups is 2. The quantitative estimate of drug-likeness (QED) is 0.646. The van der Waals surface area contributed by atoms with Gasteiger partial charge >= 0.3 is 6.03 Å². The molecule has 3 amide bonds. The smallest absolute Gasteiger partial charge is 0.326 e. The fourth-order valence-corrected chi connectivity index (χ4v) is 2.04. The summed E-state index contributed by atoms with van der Waals surface area (Å²) in [4.78, 5) is 22.6. The zero-order chi connectivity index (χ0) is 15.4. The summed E-state index contributed by atoms with van der Waals surface area (Å²) < 4.78 is 11.0. The Kier molecular flexibility index (Phi) is 4.70. The lowest BCUT2D eigenvalue weighted by Gasteiger charge is -2.12. The summed E-state index contributed by atoms with van der Waals surface area (Å²) in [5, 5.41) is 4.92. The van der Waals surface area contributed by atoms with Crippen molar-refractivity contribution in [2.45, 2.75) is 13.8 Å². The molecule has 21 heavy (non-hydrogen) atoms. The number of hydrogen-bond donors (Lipinski definition) is 2. The molecular weight excluding hydrogens is 296 g/mol. The van der Waals surface area contributed by atoms with Crippen molar-refractivity contribution in [3.63, 3.8) is 0 Å². The molecule has 0 bridgehead atoms. The van der Waals surface area contributed by atoms with Gasteiger partial charge in [0, 0.05) is 6.07 Å². The van der Waals surface area contributed by atoms with Crippen molar-refractivity contribution in [2.75, 3.05) is 13.2 Å². The highest BCUT2D eigenvalue weighted by atomic mass is 35.5. The molecule has 1 fully saturated rings. The molecule has 0 atom stereocenters. The first-order valence-electron chi connectivity index (χ1n) is 6.48. The normalized spacial score (nSPS) is 15.9. The van der Waals surface area contributed by atoms with Crippen LogP contribution in [0.5, 0.6) is 11.5 Å². The van der Waals surface area contributed by atoms with Gasteiger partial charge in [0.15, 0.2) is 11.5 Å². The first kappa shape index (κ1) is 15.2. The van der Waals surface area contributed by atoms with Crippen LogP contribution < -0.4 is 20.1 Å². The molecule has 1 aliphatic heterocycles. The Morgan fingerprint density at radius 2 is 1.71 bits per heavy atom. The number of amides is 3. The lowest BCUT2D eigenvalue weighted by Crippen LogP contribution is -2.22. The summed E-state index contributed by atoms with van der Waals surface area (Å²) in [7, 11) is 0. The first-order valence-corrected chi connectivity index (χ1v) is 6.86. The second-order valence-electron chi connectivity index (χ2n) is 4.15. The molecule has 0 saturated carbocycles.